The maximum Gasteiger partial charge on any atom is 0.314 e. The number of phenols is 1. The molecule has 0 fully saturated rings. The van der Waals surface area contributed by atoms with Crippen LogP contribution in [-0.2, 0) is 6.42 Å². The lowest BCUT2D eigenvalue weighted by atomic mass is 10.0. The Bertz CT molecular complexity index is 421. The minimum Gasteiger partial charge on any atom is -0.502 e. The van der Waals surface area contributed by atoms with E-state index in [1.165, 1.54) is 0 Å². The summed E-state index contributed by atoms with van der Waals surface area (Å²) in [5.74, 6) is -0.251. The van der Waals surface area contributed by atoms with Crippen LogP contribution in [0.2, 0.25) is 0 Å². The van der Waals surface area contributed by atoms with E-state index in [1.54, 1.807) is 13.0 Å². The summed E-state index contributed by atoms with van der Waals surface area (Å²) in [7, 11) is 0. The predicted octanol–water partition coefficient (Wildman–Crippen LogP) is 2.26. The molecule has 0 radical (unpaired) electrons. The number of phenolic OH excluding ortho intramolecular Hbond substituents is 1. The number of aryl methyl sites for hydroxylation is 1. The molecule has 0 aliphatic carbocycles. The Labute approximate surface area is 102 Å². The van der Waals surface area contributed by atoms with Crippen molar-refractivity contribution in [2.24, 2.45) is 5.73 Å². The number of rotatable bonds is 4. The van der Waals surface area contributed by atoms with Gasteiger partial charge in [-0.2, -0.15) is 0 Å². The Morgan fingerprint density at radius 3 is 2.75 bits per heavy atom. The SMILES string of the molecule is Cc1c(Br)cc(CCCN)c(O)c1[N+](=O)[O-]. The molecule has 0 unspecified atom stereocenters. The van der Waals surface area contributed by atoms with Crippen molar-refractivity contribution in [2.75, 3.05) is 6.54 Å². The van der Waals surface area contributed by atoms with Crippen molar-refractivity contribution in [3.63, 3.8) is 0 Å². The zero-order valence-corrected chi connectivity index (χ0v) is 10.5. The van der Waals surface area contributed by atoms with Crippen molar-refractivity contribution < 1.29 is 10.0 Å². The Morgan fingerprint density at radius 2 is 2.25 bits per heavy atom. The van der Waals surface area contributed by atoms with Gasteiger partial charge in [0, 0.05) is 15.6 Å². The van der Waals surface area contributed by atoms with Crippen LogP contribution < -0.4 is 5.73 Å². The van der Waals surface area contributed by atoms with Crippen LogP contribution >= 0.6 is 15.9 Å². The van der Waals surface area contributed by atoms with Crippen LogP contribution in [0.1, 0.15) is 17.5 Å². The summed E-state index contributed by atoms with van der Waals surface area (Å²) in [6.45, 7) is 2.08. The minimum absolute atomic E-state index is 0.235. The van der Waals surface area contributed by atoms with E-state index in [-0.39, 0.29) is 11.4 Å². The van der Waals surface area contributed by atoms with Crippen LogP contribution in [0.5, 0.6) is 5.75 Å². The van der Waals surface area contributed by atoms with Gasteiger partial charge < -0.3 is 10.8 Å². The molecule has 6 heteroatoms. The van der Waals surface area contributed by atoms with Gasteiger partial charge in [0.2, 0.25) is 0 Å². The molecule has 0 aliphatic rings. The number of hydrogen-bond donors (Lipinski definition) is 2. The number of halogens is 1. The lowest BCUT2D eigenvalue weighted by molar-refractivity contribution is -0.386. The number of benzene rings is 1. The molecule has 5 nitrogen and oxygen atoms in total. The molecule has 0 bridgehead atoms. The van der Waals surface area contributed by atoms with E-state index < -0.39 is 4.92 Å². The second kappa shape index (κ2) is 5.27. The van der Waals surface area contributed by atoms with Gasteiger partial charge in [-0.05, 0) is 32.4 Å². The van der Waals surface area contributed by atoms with Gasteiger partial charge in [-0.1, -0.05) is 15.9 Å². The first-order valence-corrected chi connectivity index (χ1v) is 5.63. The number of nitro benzene ring substituents is 1. The van der Waals surface area contributed by atoms with E-state index in [2.05, 4.69) is 15.9 Å². The normalized spacial score (nSPS) is 10.4. The Hall–Kier alpha value is -1.14. The molecule has 0 amide bonds. The van der Waals surface area contributed by atoms with E-state index in [0.29, 0.717) is 35.0 Å². The number of aromatic hydroxyl groups is 1. The van der Waals surface area contributed by atoms with Gasteiger partial charge in [0.15, 0.2) is 5.75 Å². The Morgan fingerprint density at radius 1 is 1.62 bits per heavy atom. The number of hydrogen-bond acceptors (Lipinski definition) is 4. The van der Waals surface area contributed by atoms with Gasteiger partial charge >= 0.3 is 5.69 Å². The number of nitro groups is 1. The summed E-state index contributed by atoms with van der Waals surface area (Å²) in [6, 6.07) is 1.70. The van der Waals surface area contributed by atoms with Crippen molar-refractivity contribution >= 4 is 21.6 Å². The molecule has 1 aromatic carbocycles. The molecule has 0 aromatic heterocycles. The molecule has 0 saturated carbocycles. The van der Waals surface area contributed by atoms with Gasteiger partial charge in [0.25, 0.3) is 0 Å². The highest BCUT2D eigenvalue weighted by Gasteiger charge is 2.22. The molecule has 0 aliphatic heterocycles. The van der Waals surface area contributed by atoms with Crippen LogP contribution in [0.4, 0.5) is 5.69 Å². The minimum atomic E-state index is -0.568. The van der Waals surface area contributed by atoms with Crippen LogP contribution in [0.15, 0.2) is 10.5 Å². The summed E-state index contributed by atoms with van der Waals surface area (Å²) in [4.78, 5) is 10.3. The number of nitrogens with two attached hydrogens (primary N) is 1. The van der Waals surface area contributed by atoms with Gasteiger partial charge in [0.05, 0.1) is 4.92 Å². The van der Waals surface area contributed by atoms with Crippen molar-refractivity contribution in [3.05, 3.63) is 31.8 Å². The number of nitrogens with zero attached hydrogens (tertiary/aromatic N) is 1. The van der Waals surface area contributed by atoms with Crippen LogP contribution in [0.3, 0.4) is 0 Å². The van der Waals surface area contributed by atoms with Gasteiger partial charge in [-0.25, -0.2) is 0 Å². The molecule has 1 aromatic rings. The molecule has 16 heavy (non-hydrogen) atoms. The summed E-state index contributed by atoms with van der Waals surface area (Å²) < 4.78 is 0.629. The Kier molecular flexibility index (Phi) is 4.26. The third kappa shape index (κ3) is 2.51. The first kappa shape index (κ1) is 12.9. The molecule has 0 atom stereocenters. The molecule has 3 N–H and O–H groups in total. The maximum atomic E-state index is 10.8. The highest BCUT2D eigenvalue weighted by Crippen LogP contribution is 2.38. The van der Waals surface area contributed by atoms with Crippen molar-refractivity contribution in [1.29, 1.82) is 0 Å². The lowest BCUT2D eigenvalue weighted by Gasteiger charge is -2.08. The van der Waals surface area contributed by atoms with Crippen molar-refractivity contribution in [2.45, 2.75) is 19.8 Å². The quantitative estimate of drug-likeness (QED) is 0.657. The zero-order chi connectivity index (χ0) is 12.3. The average molecular weight is 289 g/mol. The molecule has 1 rings (SSSR count). The summed E-state index contributed by atoms with van der Waals surface area (Å²) >= 11 is 3.24. The van der Waals surface area contributed by atoms with Gasteiger partial charge in [-0.15, -0.1) is 0 Å². The summed E-state index contributed by atoms with van der Waals surface area (Å²) in [6.07, 6.45) is 1.21. The molecular formula is C10H13BrN2O3. The first-order chi connectivity index (χ1) is 7.49. The first-order valence-electron chi connectivity index (χ1n) is 4.84. The standard InChI is InChI=1S/C10H13BrN2O3/c1-6-8(11)5-7(3-2-4-12)10(14)9(6)13(15)16/h5,14H,2-4,12H2,1H3. The smallest absolute Gasteiger partial charge is 0.314 e. The van der Waals surface area contributed by atoms with Crippen molar-refractivity contribution in [1.82, 2.24) is 0 Å². The largest absolute Gasteiger partial charge is 0.502 e. The fraction of sp³-hybridized carbons (Fsp3) is 0.400. The third-order valence-electron chi connectivity index (χ3n) is 2.38. The van der Waals surface area contributed by atoms with E-state index >= 15 is 0 Å². The monoisotopic (exact) mass is 288 g/mol. The molecular weight excluding hydrogens is 276 g/mol. The molecule has 88 valence electrons. The second-order valence-electron chi connectivity index (χ2n) is 3.49. The fourth-order valence-corrected chi connectivity index (χ4v) is 1.94. The Balaban J connectivity index is 3.27. The molecule has 0 heterocycles. The highest BCUT2D eigenvalue weighted by molar-refractivity contribution is 9.10. The van der Waals surface area contributed by atoms with Crippen LogP contribution in [-0.4, -0.2) is 16.6 Å². The highest BCUT2D eigenvalue weighted by atomic mass is 79.9. The van der Waals surface area contributed by atoms with Crippen LogP contribution in [0.25, 0.3) is 0 Å². The van der Waals surface area contributed by atoms with Gasteiger partial charge in [0.1, 0.15) is 0 Å². The second-order valence-corrected chi connectivity index (χ2v) is 4.34. The van der Waals surface area contributed by atoms with E-state index in [4.69, 9.17) is 5.73 Å². The van der Waals surface area contributed by atoms with E-state index in [0.717, 1.165) is 0 Å². The lowest BCUT2D eigenvalue weighted by Crippen LogP contribution is -2.02. The van der Waals surface area contributed by atoms with Crippen LogP contribution in [0, 0.1) is 17.0 Å². The summed E-state index contributed by atoms with van der Waals surface area (Å²) in [5.41, 5.74) is 6.11. The molecule has 0 saturated heterocycles. The molecule has 0 spiro atoms. The fourth-order valence-electron chi connectivity index (χ4n) is 1.48. The topological polar surface area (TPSA) is 89.4 Å². The predicted molar refractivity (Wildman–Crippen MR) is 64.6 cm³/mol. The van der Waals surface area contributed by atoms with E-state index in [9.17, 15) is 15.2 Å². The third-order valence-corrected chi connectivity index (χ3v) is 3.20. The summed E-state index contributed by atoms with van der Waals surface area (Å²) in [5, 5.41) is 20.6. The zero-order valence-electron chi connectivity index (χ0n) is 8.86. The van der Waals surface area contributed by atoms with Crippen molar-refractivity contribution in [3.8, 4) is 5.75 Å². The maximum absolute atomic E-state index is 10.8. The average Bonchev–Trinajstić information content (AvgIpc) is 2.21. The van der Waals surface area contributed by atoms with Gasteiger partial charge in [-0.3, -0.25) is 10.1 Å². The van der Waals surface area contributed by atoms with E-state index in [1.807, 2.05) is 0 Å².